The number of ether oxygens (including phenoxy) is 1. The SMILES string of the molecule is CC(C)(C)NC(=O)[C@H](Cc1ccccc1)N(Cc1ccc(F)cc1)C(=O)CN(c1ccc(Oc2ccccc2)cc1)S(C)(=O)=O. The number of nitrogens with one attached hydrogen (secondary N) is 1. The second-order valence-electron chi connectivity index (χ2n) is 11.8. The summed E-state index contributed by atoms with van der Waals surface area (Å²) in [5.41, 5.74) is 1.06. The van der Waals surface area contributed by atoms with Crippen LogP contribution in [0.25, 0.3) is 0 Å². The molecule has 0 saturated heterocycles. The molecule has 2 amide bonds. The van der Waals surface area contributed by atoms with Crippen molar-refractivity contribution < 1.29 is 27.1 Å². The fourth-order valence-corrected chi connectivity index (χ4v) is 5.56. The largest absolute Gasteiger partial charge is 0.457 e. The van der Waals surface area contributed by atoms with E-state index in [1.165, 1.54) is 29.2 Å². The third-order valence-corrected chi connectivity index (χ3v) is 7.96. The van der Waals surface area contributed by atoms with E-state index in [9.17, 15) is 22.4 Å². The highest BCUT2D eigenvalue weighted by Gasteiger charge is 2.34. The molecule has 4 aromatic rings. The monoisotopic (exact) mass is 631 g/mol. The lowest BCUT2D eigenvalue weighted by Crippen LogP contribution is -2.56. The first-order chi connectivity index (χ1) is 21.3. The molecule has 236 valence electrons. The van der Waals surface area contributed by atoms with Crippen molar-refractivity contribution in [1.82, 2.24) is 10.2 Å². The molecule has 4 aromatic carbocycles. The molecule has 4 rings (SSSR count). The Morgan fingerprint density at radius 1 is 0.800 bits per heavy atom. The normalized spacial score (nSPS) is 12.2. The van der Waals surface area contributed by atoms with Gasteiger partial charge < -0.3 is 15.0 Å². The lowest BCUT2D eigenvalue weighted by atomic mass is 10.0. The summed E-state index contributed by atoms with van der Waals surface area (Å²) >= 11 is 0. The van der Waals surface area contributed by atoms with E-state index in [-0.39, 0.29) is 18.7 Å². The minimum absolute atomic E-state index is 0.0460. The summed E-state index contributed by atoms with van der Waals surface area (Å²) in [5.74, 6) is -0.320. The van der Waals surface area contributed by atoms with E-state index in [0.717, 1.165) is 16.1 Å². The first-order valence-corrected chi connectivity index (χ1v) is 16.3. The third-order valence-electron chi connectivity index (χ3n) is 6.82. The number of amides is 2. The molecule has 0 radical (unpaired) electrons. The van der Waals surface area contributed by atoms with Crippen LogP contribution < -0.4 is 14.4 Å². The Kier molecular flexibility index (Phi) is 10.6. The molecule has 0 saturated carbocycles. The van der Waals surface area contributed by atoms with E-state index in [1.54, 1.807) is 36.4 Å². The van der Waals surface area contributed by atoms with Crippen molar-refractivity contribution >= 4 is 27.5 Å². The fraction of sp³-hybridized carbons (Fsp3) is 0.257. The molecular weight excluding hydrogens is 593 g/mol. The van der Waals surface area contributed by atoms with Crippen LogP contribution in [-0.4, -0.2) is 49.5 Å². The van der Waals surface area contributed by atoms with Gasteiger partial charge >= 0.3 is 0 Å². The van der Waals surface area contributed by atoms with Crippen LogP contribution >= 0.6 is 0 Å². The molecule has 0 aliphatic carbocycles. The van der Waals surface area contributed by atoms with Gasteiger partial charge in [-0.3, -0.25) is 13.9 Å². The van der Waals surface area contributed by atoms with E-state index < -0.39 is 45.8 Å². The zero-order valence-corrected chi connectivity index (χ0v) is 26.6. The van der Waals surface area contributed by atoms with Crippen molar-refractivity contribution in [3.05, 3.63) is 126 Å². The zero-order chi connectivity index (χ0) is 32.6. The van der Waals surface area contributed by atoms with Crippen LogP contribution in [0.1, 0.15) is 31.9 Å². The van der Waals surface area contributed by atoms with Crippen LogP contribution in [0.4, 0.5) is 10.1 Å². The summed E-state index contributed by atoms with van der Waals surface area (Å²) < 4.78 is 46.7. The maximum atomic E-state index is 14.2. The number of nitrogens with zero attached hydrogens (tertiary/aromatic N) is 2. The van der Waals surface area contributed by atoms with Gasteiger partial charge in [0.15, 0.2) is 0 Å². The first-order valence-electron chi connectivity index (χ1n) is 14.5. The molecule has 1 N–H and O–H groups in total. The van der Waals surface area contributed by atoms with Crippen molar-refractivity contribution in [2.75, 3.05) is 17.1 Å². The van der Waals surface area contributed by atoms with Gasteiger partial charge in [0.05, 0.1) is 11.9 Å². The Bertz CT molecular complexity index is 1680. The first kappa shape index (κ1) is 33.2. The number of hydrogen-bond donors (Lipinski definition) is 1. The van der Waals surface area contributed by atoms with Gasteiger partial charge in [-0.1, -0.05) is 60.7 Å². The predicted molar refractivity (Wildman–Crippen MR) is 174 cm³/mol. The van der Waals surface area contributed by atoms with Crippen LogP contribution in [0.3, 0.4) is 0 Å². The predicted octanol–water partition coefficient (Wildman–Crippen LogP) is 5.94. The minimum atomic E-state index is -3.94. The second-order valence-corrected chi connectivity index (χ2v) is 13.7. The van der Waals surface area contributed by atoms with E-state index in [1.807, 2.05) is 69.3 Å². The number of carbonyl (C=O) groups is 2. The molecule has 0 unspecified atom stereocenters. The van der Waals surface area contributed by atoms with Gasteiger partial charge in [-0.05, 0) is 80.4 Å². The topological polar surface area (TPSA) is 96.0 Å². The highest BCUT2D eigenvalue weighted by Crippen LogP contribution is 2.26. The van der Waals surface area contributed by atoms with Gasteiger partial charge in [-0.15, -0.1) is 0 Å². The average Bonchev–Trinajstić information content (AvgIpc) is 2.98. The number of sulfonamides is 1. The molecule has 1 atom stereocenters. The van der Waals surface area contributed by atoms with Gasteiger partial charge in [0.1, 0.15) is 29.9 Å². The second kappa shape index (κ2) is 14.4. The summed E-state index contributed by atoms with van der Waals surface area (Å²) in [6.45, 7) is 4.91. The van der Waals surface area contributed by atoms with E-state index >= 15 is 0 Å². The zero-order valence-electron chi connectivity index (χ0n) is 25.8. The molecule has 0 spiro atoms. The summed E-state index contributed by atoms with van der Waals surface area (Å²) in [6, 6.07) is 29.4. The highest BCUT2D eigenvalue weighted by molar-refractivity contribution is 7.92. The van der Waals surface area contributed by atoms with Crippen molar-refractivity contribution in [1.29, 1.82) is 0 Å². The molecule has 8 nitrogen and oxygen atoms in total. The Hall–Kier alpha value is -4.70. The molecular formula is C35H38FN3O5S. The van der Waals surface area contributed by atoms with Gasteiger partial charge in [0, 0.05) is 18.5 Å². The number of benzene rings is 4. The number of rotatable bonds is 12. The molecule has 0 heterocycles. The quantitative estimate of drug-likeness (QED) is 0.209. The number of anilines is 1. The Labute approximate surface area is 264 Å². The maximum absolute atomic E-state index is 14.2. The Morgan fingerprint density at radius 3 is 1.91 bits per heavy atom. The van der Waals surface area contributed by atoms with Crippen LogP contribution in [0.5, 0.6) is 11.5 Å². The van der Waals surface area contributed by atoms with Gasteiger partial charge in [0.2, 0.25) is 21.8 Å². The summed E-state index contributed by atoms with van der Waals surface area (Å²) in [4.78, 5) is 29.3. The van der Waals surface area contributed by atoms with Crippen LogP contribution in [0, 0.1) is 5.82 Å². The minimum Gasteiger partial charge on any atom is -0.457 e. The van der Waals surface area contributed by atoms with Crippen molar-refractivity contribution in [3.63, 3.8) is 0 Å². The number of hydrogen-bond acceptors (Lipinski definition) is 5. The lowest BCUT2D eigenvalue weighted by molar-refractivity contribution is -0.140. The van der Waals surface area contributed by atoms with E-state index in [0.29, 0.717) is 17.1 Å². The number of halogens is 1. The summed E-state index contributed by atoms with van der Waals surface area (Å²) in [7, 11) is -3.94. The molecule has 0 aliphatic heterocycles. The molecule has 0 aliphatic rings. The smallest absolute Gasteiger partial charge is 0.244 e. The average molecular weight is 632 g/mol. The maximum Gasteiger partial charge on any atom is 0.244 e. The lowest BCUT2D eigenvalue weighted by Gasteiger charge is -2.35. The molecule has 0 fully saturated rings. The molecule has 0 aromatic heterocycles. The Morgan fingerprint density at radius 2 is 1.36 bits per heavy atom. The van der Waals surface area contributed by atoms with E-state index in [2.05, 4.69) is 5.32 Å². The number of para-hydroxylation sites is 1. The standard InChI is InChI=1S/C35H38FN3O5S/c1-35(2,3)37-34(41)32(23-26-11-7-5-8-12-26)38(24-27-15-17-28(36)18-16-27)33(40)25-39(45(4,42)43)29-19-21-31(22-20-29)44-30-13-9-6-10-14-30/h5-22,32H,23-25H2,1-4H3,(H,37,41)/t32-/m0/s1. The van der Waals surface area contributed by atoms with Crippen molar-refractivity contribution in [2.45, 2.75) is 45.3 Å². The van der Waals surface area contributed by atoms with Gasteiger partial charge in [-0.25, -0.2) is 12.8 Å². The van der Waals surface area contributed by atoms with E-state index in [4.69, 9.17) is 4.74 Å². The van der Waals surface area contributed by atoms with Gasteiger partial charge in [-0.2, -0.15) is 0 Å². The third kappa shape index (κ3) is 9.90. The van der Waals surface area contributed by atoms with Crippen molar-refractivity contribution in [2.24, 2.45) is 0 Å². The summed E-state index contributed by atoms with van der Waals surface area (Å²) in [5, 5.41) is 2.97. The molecule has 45 heavy (non-hydrogen) atoms. The van der Waals surface area contributed by atoms with Crippen LogP contribution in [0.2, 0.25) is 0 Å². The Balaban J connectivity index is 1.68. The van der Waals surface area contributed by atoms with Crippen LogP contribution in [0.15, 0.2) is 109 Å². The molecule has 0 bridgehead atoms. The van der Waals surface area contributed by atoms with Crippen molar-refractivity contribution in [3.8, 4) is 11.5 Å². The fourth-order valence-electron chi connectivity index (χ4n) is 4.71. The van der Waals surface area contributed by atoms with Gasteiger partial charge in [0.25, 0.3) is 0 Å². The highest BCUT2D eigenvalue weighted by atomic mass is 32.2. The number of carbonyl (C=O) groups excluding carboxylic acids is 2. The van der Waals surface area contributed by atoms with Crippen LogP contribution in [-0.2, 0) is 32.6 Å². The summed E-state index contributed by atoms with van der Waals surface area (Å²) in [6.07, 6.45) is 1.20. The molecule has 10 heteroatoms.